The highest BCUT2D eigenvalue weighted by molar-refractivity contribution is 6.30. The highest BCUT2D eigenvalue weighted by atomic mass is 35.5. The zero-order valence-corrected chi connectivity index (χ0v) is 27.7. The van der Waals surface area contributed by atoms with Crippen molar-refractivity contribution in [2.24, 2.45) is 0 Å². The van der Waals surface area contributed by atoms with Crippen LogP contribution in [0.25, 0.3) is 5.69 Å². The lowest BCUT2D eigenvalue weighted by Crippen LogP contribution is -2.23. The van der Waals surface area contributed by atoms with Crippen LogP contribution in [-0.4, -0.2) is 56.7 Å². The number of rotatable bonds is 12. The number of hydrogen-bond donors (Lipinski definition) is 2. The van der Waals surface area contributed by atoms with E-state index in [-0.39, 0.29) is 40.6 Å². The molecule has 12 nitrogen and oxygen atoms in total. The van der Waals surface area contributed by atoms with Crippen molar-refractivity contribution in [1.29, 1.82) is 0 Å². The standard InChI is InChI=1S/C33H32Cl2N6O6/c1-18(2)29-26(28(32(43)44)39-41(29)25-15-36-33(47-5)38-30(25)46-4)27(20-8-10-21(34)11-9-20)37-22-14-24(35)31(42)40(17-22)16-19-6-12-23(45-3)13-7-19/h6-15,17-18,27,37H,16H2,1-5H3,(H,43,44). The van der Waals surface area contributed by atoms with E-state index in [0.29, 0.717) is 39.0 Å². The van der Waals surface area contributed by atoms with E-state index in [0.717, 1.165) is 5.56 Å². The number of halogens is 2. The third-order valence-electron chi connectivity index (χ3n) is 7.38. The second kappa shape index (κ2) is 14.1. The van der Waals surface area contributed by atoms with E-state index in [1.165, 1.54) is 35.7 Å². The molecule has 244 valence electrons. The average Bonchev–Trinajstić information content (AvgIpc) is 3.47. The van der Waals surface area contributed by atoms with E-state index in [1.807, 2.05) is 38.1 Å². The molecule has 0 saturated heterocycles. The quantitative estimate of drug-likeness (QED) is 0.156. The van der Waals surface area contributed by atoms with Crippen LogP contribution in [-0.2, 0) is 6.54 Å². The van der Waals surface area contributed by atoms with Crippen LogP contribution in [0.3, 0.4) is 0 Å². The summed E-state index contributed by atoms with van der Waals surface area (Å²) in [7, 11) is 4.44. The Labute approximate surface area is 280 Å². The van der Waals surface area contributed by atoms with E-state index >= 15 is 0 Å². The number of ether oxygens (including phenoxy) is 3. The summed E-state index contributed by atoms with van der Waals surface area (Å²) >= 11 is 12.7. The average molecular weight is 680 g/mol. The maximum Gasteiger partial charge on any atom is 0.356 e. The number of benzene rings is 2. The first-order valence-corrected chi connectivity index (χ1v) is 15.2. The molecule has 0 spiro atoms. The largest absolute Gasteiger partial charge is 0.497 e. The molecule has 5 rings (SSSR count). The van der Waals surface area contributed by atoms with Crippen molar-refractivity contribution < 1.29 is 24.1 Å². The number of carboxylic acids is 1. The van der Waals surface area contributed by atoms with Gasteiger partial charge in [-0.25, -0.2) is 14.5 Å². The van der Waals surface area contributed by atoms with Gasteiger partial charge >= 0.3 is 12.0 Å². The summed E-state index contributed by atoms with van der Waals surface area (Å²) in [5, 5.41) is 19.0. The lowest BCUT2D eigenvalue weighted by molar-refractivity contribution is 0.0688. The molecule has 0 saturated carbocycles. The maximum atomic E-state index is 13.1. The predicted molar refractivity (Wildman–Crippen MR) is 178 cm³/mol. The zero-order chi connectivity index (χ0) is 33.8. The fraction of sp³-hybridized carbons (Fsp3) is 0.242. The molecule has 5 aromatic rings. The van der Waals surface area contributed by atoms with Crippen LogP contribution in [0.5, 0.6) is 17.6 Å². The van der Waals surface area contributed by atoms with Crippen molar-refractivity contribution in [1.82, 2.24) is 24.3 Å². The van der Waals surface area contributed by atoms with E-state index in [1.54, 1.807) is 37.6 Å². The molecule has 0 amide bonds. The van der Waals surface area contributed by atoms with Crippen molar-refractivity contribution in [2.45, 2.75) is 32.4 Å². The van der Waals surface area contributed by atoms with Gasteiger partial charge in [0.25, 0.3) is 5.56 Å². The third-order valence-corrected chi connectivity index (χ3v) is 7.91. The molecule has 0 bridgehead atoms. The van der Waals surface area contributed by atoms with Gasteiger partial charge in [0.05, 0.1) is 51.5 Å². The third kappa shape index (κ3) is 7.03. The number of nitrogens with zero attached hydrogens (tertiary/aromatic N) is 5. The van der Waals surface area contributed by atoms with Gasteiger partial charge in [-0.2, -0.15) is 10.1 Å². The molecular formula is C33H32Cl2N6O6. The van der Waals surface area contributed by atoms with Crippen LogP contribution in [0.2, 0.25) is 10.0 Å². The first kappa shape index (κ1) is 33.3. The molecule has 3 aromatic heterocycles. The van der Waals surface area contributed by atoms with Crippen molar-refractivity contribution in [3.8, 4) is 23.3 Å². The minimum Gasteiger partial charge on any atom is -0.497 e. The predicted octanol–water partition coefficient (Wildman–Crippen LogP) is 6.23. The molecule has 0 aliphatic carbocycles. The van der Waals surface area contributed by atoms with E-state index in [2.05, 4.69) is 20.4 Å². The van der Waals surface area contributed by atoms with Crippen LogP contribution < -0.4 is 25.1 Å². The fourth-order valence-corrected chi connectivity index (χ4v) is 5.58. The van der Waals surface area contributed by atoms with Gasteiger partial charge in [-0.3, -0.25) is 4.79 Å². The van der Waals surface area contributed by atoms with E-state index in [4.69, 9.17) is 37.4 Å². The lowest BCUT2D eigenvalue weighted by Gasteiger charge is -2.24. The molecule has 1 unspecified atom stereocenters. The second-order valence-electron chi connectivity index (χ2n) is 10.8. The van der Waals surface area contributed by atoms with Gasteiger partial charge in [0, 0.05) is 16.8 Å². The highest BCUT2D eigenvalue weighted by Crippen LogP contribution is 2.38. The first-order valence-electron chi connectivity index (χ1n) is 14.4. The Morgan fingerprint density at radius 1 is 1.00 bits per heavy atom. The summed E-state index contributed by atoms with van der Waals surface area (Å²) in [6.07, 6.45) is 3.10. The van der Waals surface area contributed by atoms with Gasteiger partial charge in [0.2, 0.25) is 5.88 Å². The van der Waals surface area contributed by atoms with Crippen molar-refractivity contribution in [3.05, 3.63) is 115 Å². The Hall–Kier alpha value is -5.07. The van der Waals surface area contributed by atoms with Crippen LogP contribution in [0.1, 0.15) is 58.7 Å². The van der Waals surface area contributed by atoms with E-state index < -0.39 is 12.0 Å². The Morgan fingerprint density at radius 2 is 1.70 bits per heavy atom. The van der Waals surface area contributed by atoms with Crippen molar-refractivity contribution in [2.75, 3.05) is 26.6 Å². The molecule has 0 fully saturated rings. The van der Waals surface area contributed by atoms with Gasteiger partial charge in [-0.05, 0) is 47.4 Å². The number of aromatic nitrogens is 5. The zero-order valence-electron chi connectivity index (χ0n) is 26.2. The Morgan fingerprint density at radius 3 is 2.30 bits per heavy atom. The summed E-state index contributed by atoms with van der Waals surface area (Å²) < 4.78 is 18.9. The number of nitrogens with one attached hydrogen (secondary N) is 1. The minimum absolute atomic E-state index is 0.0169. The SMILES string of the molecule is COc1ccc(Cn2cc(NC(c3ccc(Cl)cc3)c3c(C(=O)O)nn(-c4cnc(OC)nc4OC)c3C(C)C)cc(Cl)c2=O)cc1. The number of methoxy groups -OCH3 is 3. The first-order chi connectivity index (χ1) is 22.5. The van der Waals surface area contributed by atoms with Crippen LogP contribution in [0, 0.1) is 0 Å². The molecule has 3 heterocycles. The van der Waals surface area contributed by atoms with Crippen LogP contribution in [0.4, 0.5) is 5.69 Å². The fourth-order valence-electron chi connectivity index (χ4n) is 5.23. The Bertz CT molecular complexity index is 1960. The van der Waals surface area contributed by atoms with Gasteiger partial charge < -0.3 is 29.2 Å². The molecule has 47 heavy (non-hydrogen) atoms. The molecule has 2 N–H and O–H groups in total. The topological polar surface area (TPSA) is 143 Å². The molecule has 2 aromatic carbocycles. The smallest absolute Gasteiger partial charge is 0.356 e. The number of hydrogen-bond acceptors (Lipinski definition) is 9. The minimum atomic E-state index is -1.25. The molecule has 0 aliphatic heterocycles. The lowest BCUT2D eigenvalue weighted by atomic mass is 9.92. The monoisotopic (exact) mass is 678 g/mol. The number of anilines is 1. The summed E-state index contributed by atoms with van der Waals surface area (Å²) in [6.45, 7) is 4.07. The Balaban J connectivity index is 1.69. The Kier molecular flexibility index (Phi) is 10.0. The van der Waals surface area contributed by atoms with Crippen molar-refractivity contribution >= 4 is 34.9 Å². The molecular weight excluding hydrogens is 647 g/mol. The summed E-state index contributed by atoms with van der Waals surface area (Å²) in [4.78, 5) is 34.4. The summed E-state index contributed by atoms with van der Waals surface area (Å²) in [5.41, 5.74) is 2.64. The number of carbonyl (C=O) groups is 1. The summed E-state index contributed by atoms with van der Waals surface area (Å²) in [5.74, 6) is -0.674. The summed E-state index contributed by atoms with van der Waals surface area (Å²) in [6, 6.07) is 15.1. The number of aromatic carboxylic acids is 1. The van der Waals surface area contributed by atoms with Gasteiger partial charge in [-0.15, -0.1) is 0 Å². The molecule has 0 radical (unpaired) electrons. The highest BCUT2D eigenvalue weighted by Gasteiger charge is 2.33. The number of pyridine rings is 1. The maximum absolute atomic E-state index is 13.1. The van der Waals surface area contributed by atoms with Crippen molar-refractivity contribution in [3.63, 3.8) is 0 Å². The molecule has 1 atom stereocenters. The van der Waals surface area contributed by atoms with Crippen LogP contribution >= 0.6 is 23.2 Å². The van der Waals surface area contributed by atoms with Crippen LogP contribution in [0.15, 0.2) is 71.8 Å². The molecule has 14 heteroatoms. The van der Waals surface area contributed by atoms with E-state index in [9.17, 15) is 14.7 Å². The molecule has 0 aliphatic rings. The van der Waals surface area contributed by atoms with Gasteiger partial charge in [0.1, 0.15) is 16.5 Å². The second-order valence-corrected chi connectivity index (χ2v) is 11.6. The normalized spacial score (nSPS) is 11.7. The van der Waals surface area contributed by atoms with Gasteiger partial charge in [0.15, 0.2) is 5.69 Å². The number of carboxylic acid groups (broad SMARTS) is 1. The van der Waals surface area contributed by atoms with Gasteiger partial charge in [-0.1, -0.05) is 61.3 Å².